The van der Waals surface area contributed by atoms with Gasteiger partial charge in [-0.15, -0.1) is 0 Å². The first kappa shape index (κ1) is 14.5. The average molecular weight is 295 g/mol. The first-order valence-corrected chi connectivity index (χ1v) is 7.42. The smallest absolute Gasteiger partial charge is 0.158 e. The zero-order chi connectivity index (χ0) is 15.5. The number of aryl methyl sites for hydroxylation is 1. The van der Waals surface area contributed by atoms with Crippen LogP contribution in [0.25, 0.3) is 22.3 Å². The summed E-state index contributed by atoms with van der Waals surface area (Å²) in [7, 11) is 6.08. The van der Waals surface area contributed by atoms with E-state index in [2.05, 4.69) is 64.7 Å². The number of hydrogen-bond acceptors (Lipinski definition) is 4. The Bertz CT molecular complexity index is 758. The van der Waals surface area contributed by atoms with E-state index in [0.29, 0.717) is 0 Å². The zero-order valence-corrected chi connectivity index (χ0v) is 13.2. The fourth-order valence-electron chi connectivity index (χ4n) is 2.47. The minimum absolute atomic E-state index is 0.908. The van der Waals surface area contributed by atoms with E-state index in [1.165, 1.54) is 0 Å². The van der Waals surface area contributed by atoms with Gasteiger partial charge < -0.3 is 10.2 Å². The maximum Gasteiger partial charge on any atom is 0.158 e. The number of fused-ring (bicyclic) bond motifs is 1. The summed E-state index contributed by atoms with van der Waals surface area (Å²) in [6.45, 7) is 1.95. The summed E-state index contributed by atoms with van der Waals surface area (Å²) in [5, 5.41) is 9.10. The number of rotatable bonds is 5. The van der Waals surface area contributed by atoms with Crippen LogP contribution in [0.5, 0.6) is 0 Å². The van der Waals surface area contributed by atoms with Gasteiger partial charge in [-0.05, 0) is 38.4 Å². The normalized spacial score (nSPS) is 11.3. The van der Waals surface area contributed by atoms with Crippen LogP contribution in [-0.2, 0) is 7.05 Å². The highest BCUT2D eigenvalue weighted by atomic mass is 15.3. The number of nitrogens with one attached hydrogen (secondary N) is 1. The van der Waals surface area contributed by atoms with Crippen molar-refractivity contribution in [2.45, 2.75) is 0 Å². The Hall–Kier alpha value is -2.40. The van der Waals surface area contributed by atoms with E-state index in [0.717, 1.165) is 41.1 Å². The summed E-state index contributed by atoms with van der Waals surface area (Å²) in [4.78, 5) is 6.55. The summed E-state index contributed by atoms with van der Waals surface area (Å²) >= 11 is 0. The van der Waals surface area contributed by atoms with Crippen LogP contribution in [0.4, 0.5) is 5.69 Å². The molecule has 0 spiro atoms. The van der Waals surface area contributed by atoms with Gasteiger partial charge in [-0.1, -0.05) is 12.1 Å². The van der Waals surface area contributed by atoms with Crippen LogP contribution in [0, 0.1) is 0 Å². The molecule has 0 amide bonds. The molecule has 0 saturated heterocycles. The second-order valence-corrected chi connectivity index (χ2v) is 5.65. The highest BCUT2D eigenvalue weighted by molar-refractivity contribution is 5.91. The molecule has 114 valence electrons. The number of benzene rings is 1. The molecular formula is C17H21N5. The second-order valence-electron chi connectivity index (χ2n) is 5.65. The fourth-order valence-corrected chi connectivity index (χ4v) is 2.47. The van der Waals surface area contributed by atoms with Crippen LogP contribution in [0.2, 0.25) is 0 Å². The van der Waals surface area contributed by atoms with E-state index < -0.39 is 0 Å². The predicted molar refractivity (Wildman–Crippen MR) is 91.0 cm³/mol. The summed E-state index contributed by atoms with van der Waals surface area (Å²) < 4.78 is 1.83. The molecule has 2 aromatic heterocycles. The van der Waals surface area contributed by atoms with Crippen molar-refractivity contribution < 1.29 is 0 Å². The Balaban J connectivity index is 1.83. The van der Waals surface area contributed by atoms with Crippen molar-refractivity contribution in [1.82, 2.24) is 19.7 Å². The first-order chi connectivity index (χ1) is 10.6. The molecule has 5 nitrogen and oxygen atoms in total. The van der Waals surface area contributed by atoms with Crippen molar-refractivity contribution >= 4 is 16.7 Å². The third kappa shape index (κ3) is 2.94. The van der Waals surface area contributed by atoms with Crippen molar-refractivity contribution in [2.24, 2.45) is 7.05 Å². The molecule has 0 aliphatic heterocycles. The van der Waals surface area contributed by atoms with Gasteiger partial charge in [-0.25, -0.2) is 9.67 Å². The molecule has 5 heteroatoms. The van der Waals surface area contributed by atoms with Crippen LogP contribution in [-0.4, -0.2) is 46.8 Å². The van der Waals surface area contributed by atoms with Crippen molar-refractivity contribution in [2.75, 3.05) is 32.5 Å². The molecule has 1 N–H and O–H groups in total. The Labute approximate surface area is 130 Å². The number of hydrogen-bond donors (Lipinski definition) is 1. The first-order valence-electron chi connectivity index (χ1n) is 7.42. The van der Waals surface area contributed by atoms with Gasteiger partial charge in [0.2, 0.25) is 0 Å². The average Bonchev–Trinajstić information content (AvgIpc) is 2.85. The van der Waals surface area contributed by atoms with E-state index in [-0.39, 0.29) is 0 Å². The number of pyridine rings is 1. The van der Waals surface area contributed by atoms with Gasteiger partial charge in [0.1, 0.15) is 5.69 Å². The molecule has 1 aromatic carbocycles. The minimum Gasteiger partial charge on any atom is -0.384 e. The molecule has 22 heavy (non-hydrogen) atoms. The summed E-state index contributed by atoms with van der Waals surface area (Å²) in [5.41, 5.74) is 4.12. The molecule has 3 aromatic rings. The second kappa shape index (κ2) is 6.15. The largest absolute Gasteiger partial charge is 0.384 e. The summed E-state index contributed by atoms with van der Waals surface area (Å²) in [5.74, 6) is 0. The third-order valence-electron chi connectivity index (χ3n) is 3.64. The Morgan fingerprint density at radius 1 is 1.14 bits per heavy atom. The van der Waals surface area contributed by atoms with E-state index in [9.17, 15) is 0 Å². The standard InChI is InChI=1S/C17H21N5/c1-21(2)12-11-18-14-8-6-13(7-9-14)16-15-5-4-10-19-17(15)22(3)20-16/h4-10,18H,11-12H2,1-3H3. The van der Waals surface area contributed by atoms with Gasteiger partial charge in [-0.3, -0.25) is 0 Å². The number of nitrogens with zero attached hydrogens (tertiary/aromatic N) is 4. The lowest BCUT2D eigenvalue weighted by Crippen LogP contribution is -2.20. The van der Waals surface area contributed by atoms with Crippen LogP contribution in [0.15, 0.2) is 42.6 Å². The fraction of sp³-hybridized carbons (Fsp3) is 0.294. The van der Waals surface area contributed by atoms with Gasteiger partial charge in [0, 0.05) is 43.0 Å². The third-order valence-corrected chi connectivity index (χ3v) is 3.64. The molecule has 0 radical (unpaired) electrons. The minimum atomic E-state index is 0.908. The van der Waals surface area contributed by atoms with Crippen molar-refractivity contribution in [1.29, 1.82) is 0 Å². The molecule has 0 unspecified atom stereocenters. The highest BCUT2D eigenvalue weighted by Gasteiger charge is 2.10. The Morgan fingerprint density at radius 3 is 2.64 bits per heavy atom. The summed E-state index contributed by atoms with van der Waals surface area (Å²) in [6, 6.07) is 12.4. The van der Waals surface area contributed by atoms with Gasteiger partial charge in [0.05, 0.1) is 0 Å². The molecule has 2 heterocycles. The van der Waals surface area contributed by atoms with E-state index in [1.54, 1.807) is 6.20 Å². The topological polar surface area (TPSA) is 46.0 Å². The molecule has 0 atom stereocenters. The molecular weight excluding hydrogens is 274 g/mol. The Morgan fingerprint density at radius 2 is 1.91 bits per heavy atom. The number of anilines is 1. The van der Waals surface area contributed by atoms with Crippen LogP contribution in [0.1, 0.15) is 0 Å². The SMILES string of the molecule is CN(C)CCNc1ccc(-c2nn(C)c3ncccc23)cc1. The molecule has 0 fully saturated rings. The van der Waals surface area contributed by atoms with Crippen LogP contribution in [0.3, 0.4) is 0 Å². The lowest BCUT2D eigenvalue weighted by Gasteiger charge is -2.11. The van der Waals surface area contributed by atoms with Crippen molar-refractivity contribution in [3.8, 4) is 11.3 Å². The maximum absolute atomic E-state index is 4.60. The van der Waals surface area contributed by atoms with Gasteiger partial charge in [-0.2, -0.15) is 5.10 Å². The van der Waals surface area contributed by atoms with E-state index in [1.807, 2.05) is 17.8 Å². The molecule has 3 rings (SSSR count). The van der Waals surface area contributed by atoms with E-state index >= 15 is 0 Å². The summed E-state index contributed by atoms with van der Waals surface area (Å²) in [6.07, 6.45) is 1.80. The molecule has 0 saturated carbocycles. The van der Waals surface area contributed by atoms with Crippen molar-refractivity contribution in [3.63, 3.8) is 0 Å². The van der Waals surface area contributed by atoms with Gasteiger partial charge in [0.15, 0.2) is 5.65 Å². The van der Waals surface area contributed by atoms with Crippen LogP contribution >= 0.6 is 0 Å². The molecule has 0 aliphatic carbocycles. The lowest BCUT2D eigenvalue weighted by atomic mass is 10.1. The van der Waals surface area contributed by atoms with Gasteiger partial charge >= 0.3 is 0 Å². The molecule has 0 bridgehead atoms. The monoisotopic (exact) mass is 295 g/mol. The van der Waals surface area contributed by atoms with Gasteiger partial charge in [0.25, 0.3) is 0 Å². The highest BCUT2D eigenvalue weighted by Crippen LogP contribution is 2.27. The van der Waals surface area contributed by atoms with E-state index in [4.69, 9.17) is 0 Å². The predicted octanol–water partition coefficient (Wildman–Crippen LogP) is 2.61. The maximum atomic E-state index is 4.60. The Kier molecular flexibility index (Phi) is 4.06. The van der Waals surface area contributed by atoms with Crippen LogP contribution < -0.4 is 5.32 Å². The van der Waals surface area contributed by atoms with Crippen molar-refractivity contribution in [3.05, 3.63) is 42.6 Å². The molecule has 0 aliphatic rings. The number of aromatic nitrogens is 3. The zero-order valence-electron chi connectivity index (χ0n) is 13.2. The number of likely N-dealkylation sites (N-methyl/N-ethyl adjacent to an activating group) is 1. The lowest BCUT2D eigenvalue weighted by molar-refractivity contribution is 0.425. The quantitative estimate of drug-likeness (QED) is 0.786.